The lowest BCUT2D eigenvalue weighted by atomic mass is 9.98. The quantitative estimate of drug-likeness (QED) is 0.215. The number of ether oxygens (including phenoxy) is 1. The van der Waals surface area contributed by atoms with Gasteiger partial charge < -0.3 is 4.74 Å². The number of nitrogens with zero attached hydrogens (tertiary/aromatic N) is 4. The van der Waals surface area contributed by atoms with E-state index in [2.05, 4.69) is 28.1 Å². The maximum Gasteiger partial charge on any atom is 0.247 e. The van der Waals surface area contributed by atoms with Crippen LogP contribution >= 0.6 is 27.5 Å². The van der Waals surface area contributed by atoms with Crippen LogP contribution < -0.4 is 9.75 Å². The number of benzene rings is 4. The van der Waals surface area contributed by atoms with Crippen molar-refractivity contribution >= 4 is 50.1 Å². The number of hydrazone groups is 1. The smallest absolute Gasteiger partial charge is 0.247 e. The summed E-state index contributed by atoms with van der Waals surface area (Å²) in [7, 11) is 1.67. The van der Waals surface area contributed by atoms with E-state index in [4.69, 9.17) is 31.4 Å². The van der Waals surface area contributed by atoms with Gasteiger partial charge in [0.05, 0.1) is 30.1 Å². The monoisotopic (exact) mass is 568 g/mol. The van der Waals surface area contributed by atoms with Gasteiger partial charge in [-0.1, -0.05) is 70.0 Å². The van der Waals surface area contributed by atoms with Crippen LogP contribution in [0.3, 0.4) is 0 Å². The number of hydrogen-bond acceptors (Lipinski definition) is 5. The van der Waals surface area contributed by atoms with E-state index in [-0.39, 0.29) is 6.04 Å². The van der Waals surface area contributed by atoms with E-state index in [9.17, 15) is 0 Å². The number of rotatable bonds is 5. The van der Waals surface area contributed by atoms with Crippen molar-refractivity contribution in [3.63, 3.8) is 0 Å². The second-order valence-corrected chi connectivity index (χ2v) is 10.1. The minimum atomic E-state index is -0.0667. The summed E-state index contributed by atoms with van der Waals surface area (Å²) in [5.41, 5.74) is 5.77. The van der Waals surface area contributed by atoms with Gasteiger partial charge in [-0.05, 0) is 65.7 Å². The van der Waals surface area contributed by atoms with E-state index in [0.29, 0.717) is 17.4 Å². The van der Waals surface area contributed by atoms with E-state index in [1.165, 1.54) is 0 Å². The average molecular weight is 570 g/mol. The highest BCUT2D eigenvalue weighted by Gasteiger charge is 2.32. The molecule has 0 saturated carbocycles. The van der Waals surface area contributed by atoms with Crippen LogP contribution in [-0.2, 0) is 0 Å². The van der Waals surface area contributed by atoms with Gasteiger partial charge in [-0.25, -0.2) is 15.0 Å². The molecule has 2 heterocycles. The van der Waals surface area contributed by atoms with Crippen molar-refractivity contribution in [1.82, 2.24) is 9.97 Å². The summed E-state index contributed by atoms with van der Waals surface area (Å²) in [6, 6.07) is 32.1. The highest BCUT2D eigenvalue weighted by atomic mass is 79.9. The molecule has 4 aromatic carbocycles. The summed E-state index contributed by atoms with van der Waals surface area (Å²) in [5, 5.41) is 8.57. The molecule has 0 amide bonds. The number of anilines is 1. The Kier molecular flexibility index (Phi) is 6.37. The maximum absolute atomic E-state index is 6.37. The Balaban J connectivity index is 1.52. The highest BCUT2D eigenvalue weighted by Crippen LogP contribution is 2.38. The number of aromatic nitrogens is 2. The topological polar surface area (TPSA) is 50.6 Å². The zero-order valence-corrected chi connectivity index (χ0v) is 22.3. The Morgan fingerprint density at radius 3 is 2.43 bits per heavy atom. The van der Waals surface area contributed by atoms with E-state index in [0.717, 1.165) is 49.2 Å². The molecule has 0 spiro atoms. The zero-order valence-electron chi connectivity index (χ0n) is 20.0. The Morgan fingerprint density at radius 2 is 1.68 bits per heavy atom. The standard InChI is InChI=1S/C30H22BrClN4O/c1-37-24-13-10-19(11-14-24)27-18-28(21-8-5-9-22(31)16-21)36(35-27)30-33-26-15-12-23(32)17-25(26)29(34-30)20-6-3-2-4-7-20/h2-17,28H,18H2,1H3. The Bertz CT molecular complexity index is 1620. The molecule has 1 aromatic heterocycles. The fourth-order valence-corrected chi connectivity index (χ4v) is 5.22. The van der Waals surface area contributed by atoms with Gasteiger partial charge in [0.2, 0.25) is 5.95 Å². The van der Waals surface area contributed by atoms with Crippen molar-refractivity contribution in [3.05, 3.63) is 118 Å². The van der Waals surface area contributed by atoms with Gasteiger partial charge in [-0.2, -0.15) is 5.10 Å². The van der Waals surface area contributed by atoms with Crippen LogP contribution in [0.4, 0.5) is 5.95 Å². The number of methoxy groups -OCH3 is 1. The molecule has 0 N–H and O–H groups in total. The van der Waals surface area contributed by atoms with Crippen molar-refractivity contribution in [2.24, 2.45) is 5.10 Å². The van der Waals surface area contributed by atoms with Crippen LogP contribution in [0.5, 0.6) is 5.75 Å². The molecule has 6 rings (SSSR count). The van der Waals surface area contributed by atoms with Gasteiger partial charge in [0, 0.05) is 26.9 Å². The third kappa shape index (κ3) is 4.70. The van der Waals surface area contributed by atoms with E-state index in [1.807, 2.05) is 89.9 Å². The van der Waals surface area contributed by atoms with Gasteiger partial charge in [-0.15, -0.1) is 0 Å². The number of halogens is 2. The van der Waals surface area contributed by atoms with Crippen LogP contribution in [0, 0.1) is 0 Å². The van der Waals surface area contributed by atoms with Crippen molar-refractivity contribution in [2.45, 2.75) is 12.5 Å². The highest BCUT2D eigenvalue weighted by molar-refractivity contribution is 9.10. The molecule has 0 saturated heterocycles. The van der Waals surface area contributed by atoms with Gasteiger partial charge >= 0.3 is 0 Å². The summed E-state index contributed by atoms with van der Waals surface area (Å²) in [4.78, 5) is 10.0. The van der Waals surface area contributed by atoms with Crippen molar-refractivity contribution in [3.8, 4) is 17.0 Å². The summed E-state index contributed by atoms with van der Waals surface area (Å²) in [6.07, 6.45) is 0.714. The second-order valence-electron chi connectivity index (χ2n) is 8.79. The third-order valence-corrected chi connectivity index (χ3v) is 7.19. The lowest BCUT2D eigenvalue weighted by molar-refractivity contribution is 0.415. The van der Waals surface area contributed by atoms with Crippen molar-refractivity contribution in [2.75, 3.05) is 12.1 Å². The van der Waals surface area contributed by atoms with Crippen LogP contribution in [-0.4, -0.2) is 22.8 Å². The first-order chi connectivity index (χ1) is 18.1. The third-order valence-electron chi connectivity index (χ3n) is 6.47. The molecule has 37 heavy (non-hydrogen) atoms. The maximum atomic E-state index is 6.37. The van der Waals surface area contributed by atoms with Gasteiger partial charge in [0.25, 0.3) is 0 Å². The summed E-state index contributed by atoms with van der Waals surface area (Å²) in [6.45, 7) is 0. The molecule has 0 radical (unpaired) electrons. The largest absolute Gasteiger partial charge is 0.497 e. The molecule has 182 valence electrons. The molecule has 5 nitrogen and oxygen atoms in total. The lowest BCUT2D eigenvalue weighted by Gasteiger charge is -2.23. The summed E-state index contributed by atoms with van der Waals surface area (Å²) in [5.74, 6) is 1.36. The van der Waals surface area contributed by atoms with Crippen LogP contribution in [0.2, 0.25) is 5.02 Å². The molecule has 7 heteroatoms. The van der Waals surface area contributed by atoms with Gasteiger partial charge in [0.1, 0.15) is 5.75 Å². The minimum absolute atomic E-state index is 0.0667. The van der Waals surface area contributed by atoms with Crippen LogP contribution in [0.25, 0.3) is 22.2 Å². The molecule has 0 aliphatic carbocycles. The molecular weight excluding hydrogens is 548 g/mol. The SMILES string of the molecule is COc1ccc(C2=NN(c3nc(-c4ccccc4)c4cc(Cl)ccc4n3)C(c3cccc(Br)c3)C2)cc1. The van der Waals surface area contributed by atoms with E-state index in [1.54, 1.807) is 7.11 Å². The van der Waals surface area contributed by atoms with Crippen LogP contribution in [0.15, 0.2) is 107 Å². The molecule has 1 aliphatic rings. The number of hydrogen-bond donors (Lipinski definition) is 0. The minimum Gasteiger partial charge on any atom is -0.497 e. The van der Waals surface area contributed by atoms with Gasteiger partial charge in [0.15, 0.2) is 0 Å². The first-order valence-corrected chi connectivity index (χ1v) is 13.1. The van der Waals surface area contributed by atoms with Crippen molar-refractivity contribution in [1.29, 1.82) is 0 Å². The fourth-order valence-electron chi connectivity index (χ4n) is 4.63. The first-order valence-electron chi connectivity index (χ1n) is 11.9. The Hall–Kier alpha value is -3.74. The molecule has 5 aromatic rings. The summed E-state index contributed by atoms with van der Waals surface area (Å²) >= 11 is 10.00. The normalized spacial score (nSPS) is 15.2. The average Bonchev–Trinajstić information content (AvgIpc) is 3.39. The van der Waals surface area contributed by atoms with Gasteiger partial charge in [-0.3, -0.25) is 0 Å². The predicted octanol–water partition coefficient (Wildman–Crippen LogP) is 8.08. The molecular formula is C30H22BrClN4O. The molecule has 1 unspecified atom stereocenters. The first kappa shape index (κ1) is 23.6. The van der Waals surface area contributed by atoms with Crippen molar-refractivity contribution < 1.29 is 4.74 Å². The summed E-state index contributed by atoms with van der Waals surface area (Å²) < 4.78 is 6.36. The predicted molar refractivity (Wildman–Crippen MR) is 153 cm³/mol. The molecule has 1 atom stereocenters. The van der Waals surface area contributed by atoms with E-state index >= 15 is 0 Å². The number of fused-ring (bicyclic) bond motifs is 1. The second kappa shape index (κ2) is 9.96. The lowest BCUT2D eigenvalue weighted by Crippen LogP contribution is -2.21. The Morgan fingerprint density at radius 1 is 0.865 bits per heavy atom. The molecule has 0 fully saturated rings. The Labute approximate surface area is 228 Å². The zero-order chi connectivity index (χ0) is 25.4. The van der Waals surface area contributed by atoms with E-state index < -0.39 is 0 Å². The molecule has 1 aliphatic heterocycles. The van der Waals surface area contributed by atoms with Crippen LogP contribution in [0.1, 0.15) is 23.6 Å². The molecule has 0 bridgehead atoms. The fraction of sp³-hybridized carbons (Fsp3) is 0.100.